The lowest BCUT2D eigenvalue weighted by Crippen LogP contribution is -2.17. The van der Waals surface area contributed by atoms with E-state index in [1.165, 1.54) is 24.8 Å². The first-order chi connectivity index (χ1) is 6.09. The van der Waals surface area contributed by atoms with Gasteiger partial charge in [-0.25, -0.2) is 0 Å². The standard InChI is InChI=1S/C12H22O/c1-9(2)4-7-12(13)11-6-5-10(3)8-11/h10-13H,1,4-8H2,2-3H3. The fraction of sp³-hybridized carbons (Fsp3) is 0.833. The number of allylic oxidation sites excluding steroid dienone is 1. The molecule has 3 unspecified atom stereocenters. The molecule has 13 heavy (non-hydrogen) atoms. The molecule has 0 radical (unpaired) electrons. The van der Waals surface area contributed by atoms with Crippen LogP contribution in [0.5, 0.6) is 0 Å². The lowest BCUT2D eigenvalue weighted by atomic mass is 9.95. The fourth-order valence-electron chi connectivity index (χ4n) is 2.23. The molecule has 0 bridgehead atoms. The number of aliphatic hydroxyl groups excluding tert-OH is 1. The van der Waals surface area contributed by atoms with Crippen molar-refractivity contribution in [1.82, 2.24) is 0 Å². The highest BCUT2D eigenvalue weighted by Gasteiger charge is 2.26. The first kappa shape index (κ1) is 10.8. The van der Waals surface area contributed by atoms with Crippen LogP contribution >= 0.6 is 0 Å². The van der Waals surface area contributed by atoms with E-state index in [-0.39, 0.29) is 6.10 Å². The molecule has 0 heterocycles. The second-order valence-electron chi connectivity index (χ2n) is 4.74. The molecule has 0 amide bonds. The average molecular weight is 182 g/mol. The summed E-state index contributed by atoms with van der Waals surface area (Å²) < 4.78 is 0. The summed E-state index contributed by atoms with van der Waals surface area (Å²) in [6.45, 7) is 8.17. The van der Waals surface area contributed by atoms with Crippen molar-refractivity contribution < 1.29 is 5.11 Å². The van der Waals surface area contributed by atoms with Gasteiger partial charge in [0.15, 0.2) is 0 Å². The van der Waals surface area contributed by atoms with Crippen LogP contribution in [-0.2, 0) is 0 Å². The second-order valence-corrected chi connectivity index (χ2v) is 4.74. The van der Waals surface area contributed by atoms with Gasteiger partial charge in [0.1, 0.15) is 0 Å². The normalized spacial score (nSPS) is 30.4. The zero-order chi connectivity index (χ0) is 9.84. The highest BCUT2D eigenvalue weighted by atomic mass is 16.3. The predicted octanol–water partition coefficient (Wildman–Crippen LogP) is 3.14. The molecule has 1 heteroatoms. The summed E-state index contributed by atoms with van der Waals surface area (Å²) >= 11 is 0. The van der Waals surface area contributed by atoms with E-state index in [0.29, 0.717) is 5.92 Å². The maximum atomic E-state index is 9.87. The maximum absolute atomic E-state index is 9.87. The number of hydrogen-bond acceptors (Lipinski definition) is 1. The van der Waals surface area contributed by atoms with Crippen molar-refractivity contribution >= 4 is 0 Å². The Kier molecular flexibility index (Phi) is 3.98. The van der Waals surface area contributed by atoms with E-state index in [4.69, 9.17) is 0 Å². The average Bonchev–Trinajstić information content (AvgIpc) is 2.47. The Labute approximate surface area is 81.9 Å². The van der Waals surface area contributed by atoms with Gasteiger partial charge in [-0.1, -0.05) is 18.9 Å². The largest absolute Gasteiger partial charge is 0.393 e. The van der Waals surface area contributed by atoms with Crippen LogP contribution in [0.1, 0.15) is 46.0 Å². The summed E-state index contributed by atoms with van der Waals surface area (Å²) in [6, 6.07) is 0. The Bertz CT molecular complexity index is 174. The first-order valence-electron chi connectivity index (χ1n) is 5.42. The highest BCUT2D eigenvalue weighted by molar-refractivity contribution is 4.89. The van der Waals surface area contributed by atoms with Gasteiger partial charge in [-0.15, -0.1) is 6.58 Å². The van der Waals surface area contributed by atoms with E-state index in [1.54, 1.807) is 0 Å². The molecule has 0 spiro atoms. The van der Waals surface area contributed by atoms with E-state index in [2.05, 4.69) is 13.5 Å². The van der Waals surface area contributed by atoms with Crippen LogP contribution in [0.4, 0.5) is 0 Å². The monoisotopic (exact) mass is 182 g/mol. The number of hydrogen-bond donors (Lipinski definition) is 1. The SMILES string of the molecule is C=C(C)CCC(O)C1CCC(C)C1. The van der Waals surface area contributed by atoms with Crippen LogP contribution in [0, 0.1) is 11.8 Å². The third-order valence-corrected chi connectivity index (χ3v) is 3.15. The van der Waals surface area contributed by atoms with Crippen LogP contribution in [0.15, 0.2) is 12.2 Å². The third-order valence-electron chi connectivity index (χ3n) is 3.15. The Hall–Kier alpha value is -0.300. The maximum Gasteiger partial charge on any atom is 0.0571 e. The number of aliphatic hydroxyl groups is 1. The predicted molar refractivity (Wildman–Crippen MR) is 56.6 cm³/mol. The Morgan fingerprint density at radius 3 is 2.69 bits per heavy atom. The molecule has 76 valence electrons. The van der Waals surface area contributed by atoms with Gasteiger partial charge in [-0.2, -0.15) is 0 Å². The molecule has 0 aromatic carbocycles. The van der Waals surface area contributed by atoms with Gasteiger partial charge in [-0.05, 0) is 44.4 Å². The van der Waals surface area contributed by atoms with E-state index in [0.717, 1.165) is 18.8 Å². The summed E-state index contributed by atoms with van der Waals surface area (Å²) in [4.78, 5) is 0. The molecular formula is C12H22O. The molecule has 1 rings (SSSR count). The molecule has 1 saturated carbocycles. The van der Waals surface area contributed by atoms with E-state index >= 15 is 0 Å². The molecule has 1 nitrogen and oxygen atoms in total. The van der Waals surface area contributed by atoms with Crippen molar-refractivity contribution in [2.24, 2.45) is 11.8 Å². The second kappa shape index (κ2) is 4.80. The first-order valence-corrected chi connectivity index (χ1v) is 5.42. The van der Waals surface area contributed by atoms with Crippen LogP contribution in [0.2, 0.25) is 0 Å². The van der Waals surface area contributed by atoms with Crippen molar-refractivity contribution in [1.29, 1.82) is 0 Å². The van der Waals surface area contributed by atoms with Gasteiger partial charge in [0.05, 0.1) is 6.10 Å². The van der Waals surface area contributed by atoms with Crippen LogP contribution in [-0.4, -0.2) is 11.2 Å². The number of rotatable bonds is 4. The van der Waals surface area contributed by atoms with Crippen LogP contribution < -0.4 is 0 Å². The highest BCUT2D eigenvalue weighted by Crippen LogP contribution is 2.34. The van der Waals surface area contributed by atoms with Gasteiger partial charge in [0.25, 0.3) is 0 Å². The molecule has 3 atom stereocenters. The molecule has 0 aliphatic heterocycles. The third kappa shape index (κ3) is 3.51. The minimum absolute atomic E-state index is 0.0818. The Balaban J connectivity index is 2.23. The van der Waals surface area contributed by atoms with Crippen molar-refractivity contribution in [3.63, 3.8) is 0 Å². The summed E-state index contributed by atoms with van der Waals surface area (Å²) in [5.41, 5.74) is 1.19. The molecule has 0 aromatic rings. The summed E-state index contributed by atoms with van der Waals surface area (Å²) in [6.07, 6.45) is 5.55. The molecule has 0 saturated heterocycles. The quantitative estimate of drug-likeness (QED) is 0.662. The minimum Gasteiger partial charge on any atom is -0.393 e. The lowest BCUT2D eigenvalue weighted by Gasteiger charge is -2.17. The van der Waals surface area contributed by atoms with Crippen LogP contribution in [0.3, 0.4) is 0 Å². The van der Waals surface area contributed by atoms with Crippen molar-refractivity contribution in [3.05, 3.63) is 12.2 Å². The molecule has 1 aliphatic carbocycles. The van der Waals surface area contributed by atoms with E-state index < -0.39 is 0 Å². The van der Waals surface area contributed by atoms with Crippen molar-refractivity contribution in [2.45, 2.75) is 52.1 Å². The fourth-order valence-corrected chi connectivity index (χ4v) is 2.23. The summed E-state index contributed by atoms with van der Waals surface area (Å²) in [5, 5.41) is 9.87. The van der Waals surface area contributed by atoms with Gasteiger partial charge in [0, 0.05) is 0 Å². The Morgan fingerprint density at radius 1 is 1.54 bits per heavy atom. The Morgan fingerprint density at radius 2 is 2.23 bits per heavy atom. The van der Waals surface area contributed by atoms with E-state index in [9.17, 15) is 5.11 Å². The van der Waals surface area contributed by atoms with Gasteiger partial charge in [-0.3, -0.25) is 0 Å². The van der Waals surface area contributed by atoms with Gasteiger partial charge < -0.3 is 5.11 Å². The summed E-state index contributed by atoms with van der Waals surface area (Å²) in [7, 11) is 0. The molecule has 1 aliphatic rings. The zero-order valence-corrected chi connectivity index (χ0v) is 8.92. The molecular weight excluding hydrogens is 160 g/mol. The molecule has 1 fully saturated rings. The van der Waals surface area contributed by atoms with Gasteiger partial charge in [0.2, 0.25) is 0 Å². The minimum atomic E-state index is -0.0818. The van der Waals surface area contributed by atoms with Crippen LogP contribution in [0.25, 0.3) is 0 Å². The lowest BCUT2D eigenvalue weighted by molar-refractivity contribution is 0.100. The summed E-state index contributed by atoms with van der Waals surface area (Å²) in [5.74, 6) is 1.39. The van der Waals surface area contributed by atoms with Crippen molar-refractivity contribution in [2.75, 3.05) is 0 Å². The van der Waals surface area contributed by atoms with Gasteiger partial charge >= 0.3 is 0 Å². The zero-order valence-electron chi connectivity index (χ0n) is 8.92. The molecule has 1 N–H and O–H groups in total. The smallest absolute Gasteiger partial charge is 0.0571 e. The van der Waals surface area contributed by atoms with Crippen molar-refractivity contribution in [3.8, 4) is 0 Å². The molecule has 0 aromatic heterocycles. The topological polar surface area (TPSA) is 20.2 Å². The van der Waals surface area contributed by atoms with E-state index in [1.807, 2.05) is 6.92 Å².